The molecule has 0 radical (unpaired) electrons. The summed E-state index contributed by atoms with van der Waals surface area (Å²) >= 11 is 0. The summed E-state index contributed by atoms with van der Waals surface area (Å²) < 4.78 is 2.48. The molecule has 0 fully saturated rings. The van der Waals surface area contributed by atoms with Crippen molar-refractivity contribution in [3.63, 3.8) is 0 Å². The van der Waals surface area contributed by atoms with Gasteiger partial charge in [-0.2, -0.15) is 0 Å². The number of anilines is 3. The summed E-state index contributed by atoms with van der Waals surface area (Å²) in [6.45, 7) is 35.1. The molecular weight excluding hydrogens is 893 g/mol. The van der Waals surface area contributed by atoms with Crippen LogP contribution in [0.5, 0.6) is 0 Å². The second kappa shape index (κ2) is 17.2. The maximum Gasteiger partial charge on any atom is 0.0541 e. The molecule has 2 nitrogen and oxygen atoms in total. The first-order chi connectivity index (χ1) is 34.8. The molecule has 0 aliphatic carbocycles. The number of hydrogen-bond donors (Lipinski definition) is 0. The van der Waals surface area contributed by atoms with E-state index < -0.39 is 0 Å². The van der Waals surface area contributed by atoms with Crippen LogP contribution in [0, 0.1) is 0 Å². The Morgan fingerprint density at radius 3 is 1.19 bits per heavy atom. The Hall–Kier alpha value is -7.16. The monoisotopic (exact) mass is 967 g/mol. The standard InChI is InChI=1S/C72H74N2/c1-68(2,3)51-36-49(37-52(40-51)69(4,5)6)47-21-20-22-48(35-47)50-38-53(70(7,8)9)42-56(39-50)73(57-43-54(71(10,11)12)41-55(44-57)72(13,14)15)64-33-29-45-28-32-61-65(34-30-46-27-31-60(64)66(45)67(46)61)74-62-25-18-16-23-58(62)59-24-17-19-26-63(59)74/h16-44H,1-15H3. The highest BCUT2D eigenvalue weighted by Gasteiger charge is 2.28. The van der Waals surface area contributed by atoms with Gasteiger partial charge in [0.25, 0.3) is 0 Å². The van der Waals surface area contributed by atoms with E-state index in [-0.39, 0.29) is 27.1 Å². The fourth-order valence-corrected chi connectivity index (χ4v) is 11.3. The largest absolute Gasteiger partial charge is 0.310 e. The van der Waals surface area contributed by atoms with E-state index in [0.717, 1.165) is 5.69 Å². The number of nitrogens with zero attached hydrogens (tertiary/aromatic N) is 2. The van der Waals surface area contributed by atoms with Gasteiger partial charge < -0.3 is 9.47 Å². The maximum atomic E-state index is 2.59. The normalized spacial score (nSPS) is 13.1. The van der Waals surface area contributed by atoms with Crippen molar-refractivity contribution in [2.75, 3.05) is 4.90 Å². The van der Waals surface area contributed by atoms with Crippen LogP contribution in [0.15, 0.2) is 176 Å². The number of aromatic nitrogens is 1. The first kappa shape index (κ1) is 49.1. The minimum absolute atomic E-state index is 0.0178. The number of para-hydroxylation sites is 2. The summed E-state index contributed by atoms with van der Waals surface area (Å²) in [4.78, 5) is 2.59. The lowest BCUT2D eigenvalue weighted by Crippen LogP contribution is -2.20. The van der Waals surface area contributed by atoms with E-state index in [9.17, 15) is 0 Å². The van der Waals surface area contributed by atoms with E-state index >= 15 is 0 Å². The second-order valence-electron chi connectivity index (χ2n) is 26.5. The molecule has 1 heterocycles. The van der Waals surface area contributed by atoms with Gasteiger partial charge in [0.2, 0.25) is 0 Å². The molecule has 0 aliphatic heterocycles. The van der Waals surface area contributed by atoms with Crippen LogP contribution in [0.3, 0.4) is 0 Å². The highest BCUT2D eigenvalue weighted by atomic mass is 15.1. The predicted molar refractivity (Wildman–Crippen MR) is 324 cm³/mol. The average Bonchev–Trinajstić information content (AvgIpc) is 3.68. The topological polar surface area (TPSA) is 8.17 Å². The Bertz CT molecular complexity index is 3850. The lowest BCUT2D eigenvalue weighted by molar-refractivity contribution is 0.568. The SMILES string of the molecule is CC(C)(C)c1cc(-c2cccc(-c3cc(C(C)(C)C)cc(C(C)(C)C)c3)c2)cc(N(c2cc(C(C)(C)C)cc(C(C)(C)C)c2)c2ccc3ccc4c(-n5c6ccccc6c6ccccc65)ccc5ccc2c3c54)c1. The third-order valence-electron chi connectivity index (χ3n) is 15.8. The van der Waals surface area contributed by atoms with Crippen LogP contribution in [0.2, 0.25) is 0 Å². The number of rotatable bonds is 6. The molecule has 10 aromatic carbocycles. The van der Waals surface area contributed by atoms with Crippen LogP contribution in [0.4, 0.5) is 17.1 Å². The van der Waals surface area contributed by atoms with Gasteiger partial charge in [-0.05, 0) is 153 Å². The summed E-state index contributed by atoms with van der Waals surface area (Å²) in [5.41, 5.74) is 18.4. The van der Waals surface area contributed by atoms with E-state index in [4.69, 9.17) is 0 Å². The van der Waals surface area contributed by atoms with Crippen molar-refractivity contribution in [3.8, 4) is 27.9 Å². The molecule has 1 aromatic heterocycles. The quantitative estimate of drug-likeness (QED) is 0.151. The molecule has 2 heteroatoms. The van der Waals surface area contributed by atoms with E-state index in [2.05, 4.69) is 289 Å². The van der Waals surface area contributed by atoms with Crippen molar-refractivity contribution in [2.24, 2.45) is 0 Å². The zero-order valence-electron chi connectivity index (χ0n) is 46.6. The van der Waals surface area contributed by atoms with Gasteiger partial charge >= 0.3 is 0 Å². The molecule has 0 bridgehead atoms. The van der Waals surface area contributed by atoms with Crippen molar-refractivity contribution in [1.82, 2.24) is 4.57 Å². The predicted octanol–water partition coefficient (Wildman–Crippen LogP) is 21.0. The van der Waals surface area contributed by atoms with Crippen molar-refractivity contribution in [1.29, 1.82) is 0 Å². The van der Waals surface area contributed by atoms with Gasteiger partial charge in [0.1, 0.15) is 0 Å². The van der Waals surface area contributed by atoms with Gasteiger partial charge in [0.15, 0.2) is 0 Å². The van der Waals surface area contributed by atoms with Gasteiger partial charge in [-0.3, -0.25) is 0 Å². The maximum absolute atomic E-state index is 2.59. The van der Waals surface area contributed by atoms with Crippen molar-refractivity contribution >= 4 is 71.2 Å². The molecular formula is C72H74N2. The summed E-state index contributed by atoms with van der Waals surface area (Å²) in [6, 6.07) is 67.9. The first-order valence-corrected chi connectivity index (χ1v) is 26.9. The van der Waals surface area contributed by atoms with Crippen LogP contribution in [0.25, 0.3) is 82.1 Å². The molecule has 11 aromatic rings. The van der Waals surface area contributed by atoms with Gasteiger partial charge in [-0.1, -0.05) is 225 Å². The molecule has 74 heavy (non-hydrogen) atoms. The smallest absolute Gasteiger partial charge is 0.0541 e. The van der Waals surface area contributed by atoms with Crippen molar-refractivity contribution < 1.29 is 0 Å². The minimum atomic E-state index is -0.133. The van der Waals surface area contributed by atoms with E-state index in [1.807, 2.05) is 0 Å². The van der Waals surface area contributed by atoms with Crippen LogP contribution < -0.4 is 4.90 Å². The molecule has 0 aliphatic rings. The molecule has 372 valence electrons. The van der Waals surface area contributed by atoms with E-state index in [0.29, 0.717) is 0 Å². The molecule has 0 unspecified atom stereocenters. The Kier molecular flexibility index (Phi) is 11.4. The lowest BCUT2D eigenvalue weighted by Gasteiger charge is -2.33. The molecule has 0 spiro atoms. The zero-order chi connectivity index (χ0) is 52.4. The average molecular weight is 967 g/mol. The van der Waals surface area contributed by atoms with Crippen LogP contribution in [0.1, 0.15) is 132 Å². The third-order valence-corrected chi connectivity index (χ3v) is 15.8. The summed E-state index contributed by atoms with van der Waals surface area (Å²) in [7, 11) is 0. The summed E-state index contributed by atoms with van der Waals surface area (Å²) in [5.74, 6) is 0. The van der Waals surface area contributed by atoms with E-state index in [1.165, 1.54) is 121 Å². The van der Waals surface area contributed by atoms with Crippen LogP contribution >= 0.6 is 0 Å². The van der Waals surface area contributed by atoms with Gasteiger partial charge in [0.05, 0.1) is 22.4 Å². The van der Waals surface area contributed by atoms with Crippen molar-refractivity contribution in [3.05, 3.63) is 204 Å². The molecule has 11 rings (SSSR count). The lowest BCUT2D eigenvalue weighted by atomic mass is 9.78. The van der Waals surface area contributed by atoms with Gasteiger partial charge in [0, 0.05) is 32.9 Å². The Labute approximate surface area is 441 Å². The second-order valence-corrected chi connectivity index (χ2v) is 26.5. The van der Waals surface area contributed by atoms with Gasteiger partial charge in [-0.25, -0.2) is 0 Å². The Morgan fingerprint density at radius 1 is 0.297 bits per heavy atom. The fraction of sp³-hybridized carbons (Fsp3) is 0.278. The third kappa shape index (κ3) is 8.64. The molecule has 0 saturated heterocycles. The van der Waals surface area contributed by atoms with Gasteiger partial charge in [-0.15, -0.1) is 0 Å². The Morgan fingerprint density at radius 2 is 0.689 bits per heavy atom. The first-order valence-electron chi connectivity index (χ1n) is 26.9. The molecule has 0 N–H and O–H groups in total. The minimum Gasteiger partial charge on any atom is -0.310 e. The van der Waals surface area contributed by atoms with Crippen LogP contribution in [-0.2, 0) is 27.1 Å². The number of benzene rings is 10. The van der Waals surface area contributed by atoms with E-state index in [1.54, 1.807) is 0 Å². The van der Waals surface area contributed by atoms with Crippen LogP contribution in [-0.4, -0.2) is 4.57 Å². The highest BCUT2D eigenvalue weighted by molar-refractivity contribution is 6.27. The number of fused-ring (bicyclic) bond motifs is 3. The number of hydrogen-bond acceptors (Lipinski definition) is 1. The zero-order valence-corrected chi connectivity index (χ0v) is 46.6. The highest BCUT2D eigenvalue weighted by Crippen LogP contribution is 2.49. The molecule has 0 amide bonds. The summed E-state index contributed by atoms with van der Waals surface area (Å²) in [6.07, 6.45) is 0. The Balaban J connectivity index is 1.18. The molecule has 0 atom stereocenters. The molecule has 0 saturated carbocycles. The fourth-order valence-electron chi connectivity index (χ4n) is 11.3. The van der Waals surface area contributed by atoms with Crippen molar-refractivity contribution in [2.45, 2.75) is 131 Å². The summed E-state index contributed by atoms with van der Waals surface area (Å²) in [5, 5.41) is 10.1.